The van der Waals surface area contributed by atoms with Crippen molar-refractivity contribution >= 4 is 41.0 Å². The fourth-order valence-electron chi connectivity index (χ4n) is 1.59. The number of nitrogens with one attached hydrogen (secondary N) is 1. The molecule has 0 heterocycles. The molecule has 0 bridgehead atoms. The van der Waals surface area contributed by atoms with Crippen LogP contribution in [0.4, 0.5) is 5.69 Å². The van der Waals surface area contributed by atoms with Gasteiger partial charge in [-0.15, -0.1) is 0 Å². The monoisotopic (exact) mass is 337 g/mol. The molecule has 0 saturated heterocycles. The summed E-state index contributed by atoms with van der Waals surface area (Å²) >= 11 is 11.6. The van der Waals surface area contributed by atoms with Gasteiger partial charge in [-0.1, -0.05) is 35.3 Å². The van der Waals surface area contributed by atoms with Gasteiger partial charge >= 0.3 is 0 Å². The van der Waals surface area contributed by atoms with Crippen molar-refractivity contribution in [1.29, 1.82) is 0 Å². The van der Waals surface area contributed by atoms with Gasteiger partial charge in [0.25, 0.3) is 11.6 Å². The number of hydrazone groups is 1. The van der Waals surface area contributed by atoms with Crippen LogP contribution in [-0.2, 0) is 0 Å². The van der Waals surface area contributed by atoms with Crippen molar-refractivity contribution in [3.8, 4) is 0 Å². The maximum absolute atomic E-state index is 11.8. The van der Waals surface area contributed by atoms with Crippen molar-refractivity contribution in [3.63, 3.8) is 0 Å². The predicted octanol–water partition coefficient (Wildman–Crippen LogP) is 3.67. The van der Waals surface area contributed by atoms with Gasteiger partial charge in [0, 0.05) is 23.3 Å². The Labute approximate surface area is 135 Å². The normalized spacial score (nSPS) is 10.6. The van der Waals surface area contributed by atoms with Crippen molar-refractivity contribution in [1.82, 2.24) is 5.43 Å². The van der Waals surface area contributed by atoms with E-state index in [2.05, 4.69) is 10.5 Å². The molecule has 0 aromatic heterocycles. The molecular weight excluding hydrogens is 329 g/mol. The number of hydrogen-bond acceptors (Lipinski definition) is 4. The molecule has 0 radical (unpaired) electrons. The molecule has 2 aromatic rings. The lowest BCUT2D eigenvalue weighted by molar-refractivity contribution is -0.384. The van der Waals surface area contributed by atoms with Crippen LogP contribution in [0.25, 0.3) is 0 Å². The third kappa shape index (κ3) is 4.03. The molecule has 6 nitrogen and oxygen atoms in total. The van der Waals surface area contributed by atoms with Crippen LogP contribution >= 0.6 is 23.2 Å². The molecule has 0 spiro atoms. The molecule has 0 aliphatic carbocycles. The third-order valence-electron chi connectivity index (χ3n) is 2.64. The number of benzene rings is 2. The van der Waals surface area contributed by atoms with E-state index in [0.29, 0.717) is 16.1 Å². The quantitative estimate of drug-likeness (QED) is 0.524. The SMILES string of the molecule is O=C(NN=Cc1cccc([N+](=O)[O-])c1)c1ccc(Cl)c(Cl)c1. The number of hydrogen-bond donors (Lipinski definition) is 1. The summed E-state index contributed by atoms with van der Waals surface area (Å²) in [4.78, 5) is 22.0. The molecule has 0 saturated carbocycles. The summed E-state index contributed by atoms with van der Waals surface area (Å²) in [6, 6.07) is 10.3. The van der Waals surface area contributed by atoms with Crippen LogP contribution in [0.5, 0.6) is 0 Å². The van der Waals surface area contributed by atoms with Gasteiger partial charge in [-0.25, -0.2) is 5.43 Å². The largest absolute Gasteiger partial charge is 0.271 e. The molecule has 22 heavy (non-hydrogen) atoms. The molecule has 0 aliphatic rings. The second kappa shape index (κ2) is 7.02. The fourth-order valence-corrected chi connectivity index (χ4v) is 1.88. The van der Waals surface area contributed by atoms with Crippen molar-refractivity contribution in [2.24, 2.45) is 5.10 Å². The molecule has 0 atom stereocenters. The van der Waals surface area contributed by atoms with E-state index < -0.39 is 10.8 Å². The predicted molar refractivity (Wildman–Crippen MR) is 84.6 cm³/mol. The number of non-ortho nitro benzene ring substituents is 1. The van der Waals surface area contributed by atoms with Gasteiger partial charge in [-0.2, -0.15) is 5.10 Å². The topological polar surface area (TPSA) is 84.6 Å². The lowest BCUT2D eigenvalue weighted by Gasteiger charge is -2.01. The summed E-state index contributed by atoms with van der Waals surface area (Å²) in [6.07, 6.45) is 1.31. The standard InChI is InChI=1S/C14H9Cl2N3O3/c15-12-5-4-10(7-13(12)16)14(20)18-17-8-9-2-1-3-11(6-9)19(21)22/h1-8H,(H,18,20). The van der Waals surface area contributed by atoms with Gasteiger partial charge in [0.2, 0.25) is 0 Å². The van der Waals surface area contributed by atoms with E-state index in [4.69, 9.17) is 23.2 Å². The number of halogens is 2. The molecule has 1 N–H and O–H groups in total. The van der Waals surface area contributed by atoms with E-state index >= 15 is 0 Å². The lowest BCUT2D eigenvalue weighted by atomic mass is 10.2. The zero-order valence-electron chi connectivity index (χ0n) is 11.0. The molecule has 2 aromatic carbocycles. The van der Waals surface area contributed by atoms with Crippen LogP contribution in [0.1, 0.15) is 15.9 Å². The Hall–Kier alpha value is -2.44. The second-order valence-corrected chi connectivity index (χ2v) is 4.99. The average Bonchev–Trinajstić information content (AvgIpc) is 2.50. The molecule has 112 valence electrons. The Morgan fingerprint density at radius 3 is 2.64 bits per heavy atom. The third-order valence-corrected chi connectivity index (χ3v) is 3.38. The van der Waals surface area contributed by atoms with Crippen LogP contribution in [0.15, 0.2) is 47.6 Å². The number of carbonyl (C=O) groups is 1. The van der Waals surface area contributed by atoms with Gasteiger partial charge in [0.1, 0.15) is 0 Å². The van der Waals surface area contributed by atoms with E-state index in [1.54, 1.807) is 6.07 Å². The Morgan fingerprint density at radius 2 is 1.95 bits per heavy atom. The molecular formula is C14H9Cl2N3O3. The fraction of sp³-hybridized carbons (Fsp3) is 0. The number of amides is 1. The second-order valence-electron chi connectivity index (χ2n) is 4.18. The van der Waals surface area contributed by atoms with Gasteiger partial charge in [-0.05, 0) is 18.2 Å². The van der Waals surface area contributed by atoms with E-state index in [1.807, 2.05) is 0 Å². The highest BCUT2D eigenvalue weighted by molar-refractivity contribution is 6.42. The first-order valence-electron chi connectivity index (χ1n) is 6.00. The molecule has 0 fully saturated rings. The van der Waals surface area contributed by atoms with E-state index in [1.165, 1.54) is 42.6 Å². The van der Waals surface area contributed by atoms with Crippen molar-refractivity contribution in [2.45, 2.75) is 0 Å². The molecule has 2 rings (SSSR count). The van der Waals surface area contributed by atoms with Gasteiger partial charge < -0.3 is 0 Å². The molecule has 1 amide bonds. The van der Waals surface area contributed by atoms with Crippen LogP contribution in [0, 0.1) is 10.1 Å². The lowest BCUT2D eigenvalue weighted by Crippen LogP contribution is -2.17. The Kier molecular flexibility index (Phi) is 5.08. The summed E-state index contributed by atoms with van der Waals surface area (Å²) in [5.74, 6) is -0.472. The first kappa shape index (κ1) is 15.9. The van der Waals surface area contributed by atoms with Crippen LogP contribution in [0.2, 0.25) is 10.0 Å². The van der Waals surface area contributed by atoms with Crippen LogP contribution in [-0.4, -0.2) is 17.0 Å². The number of rotatable bonds is 4. The maximum Gasteiger partial charge on any atom is 0.271 e. The maximum atomic E-state index is 11.8. The number of nitro benzene ring substituents is 1. The highest BCUT2D eigenvalue weighted by atomic mass is 35.5. The van der Waals surface area contributed by atoms with Gasteiger partial charge in [-0.3, -0.25) is 14.9 Å². The molecule has 0 unspecified atom stereocenters. The summed E-state index contributed by atoms with van der Waals surface area (Å²) < 4.78 is 0. The Balaban J connectivity index is 2.05. The summed E-state index contributed by atoms with van der Waals surface area (Å²) in [6.45, 7) is 0. The van der Waals surface area contributed by atoms with Gasteiger partial charge in [0.05, 0.1) is 21.2 Å². The van der Waals surface area contributed by atoms with E-state index in [9.17, 15) is 14.9 Å². The van der Waals surface area contributed by atoms with Crippen molar-refractivity contribution in [2.75, 3.05) is 0 Å². The van der Waals surface area contributed by atoms with Gasteiger partial charge in [0.15, 0.2) is 0 Å². The zero-order valence-corrected chi connectivity index (χ0v) is 12.5. The minimum absolute atomic E-state index is 0.0558. The molecule has 8 heteroatoms. The van der Waals surface area contributed by atoms with E-state index in [0.717, 1.165) is 0 Å². The number of nitrogens with zero attached hydrogens (tertiary/aromatic N) is 2. The smallest absolute Gasteiger partial charge is 0.267 e. The minimum atomic E-state index is -0.508. The van der Waals surface area contributed by atoms with Crippen molar-refractivity contribution < 1.29 is 9.72 Å². The van der Waals surface area contributed by atoms with E-state index in [-0.39, 0.29) is 10.7 Å². The van der Waals surface area contributed by atoms with Crippen molar-refractivity contribution in [3.05, 3.63) is 73.8 Å². The Bertz CT molecular complexity index is 763. The number of carbonyl (C=O) groups excluding carboxylic acids is 1. The number of nitro groups is 1. The minimum Gasteiger partial charge on any atom is -0.267 e. The summed E-state index contributed by atoms with van der Waals surface area (Å²) in [7, 11) is 0. The first-order valence-corrected chi connectivity index (χ1v) is 6.76. The first-order chi connectivity index (χ1) is 10.5. The summed E-state index contributed by atoms with van der Waals surface area (Å²) in [5.41, 5.74) is 3.03. The zero-order chi connectivity index (χ0) is 16.1. The Morgan fingerprint density at radius 1 is 1.18 bits per heavy atom. The highest BCUT2D eigenvalue weighted by Gasteiger charge is 2.07. The highest BCUT2D eigenvalue weighted by Crippen LogP contribution is 2.22. The molecule has 0 aliphatic heterocycles. The van der Waals surface area contributed by atoms with Crippen LogP contribution < -0.4 is 5.43 Å². The average molecular weight is 338 g/mol. The van der Waals surface area contributed by atoms with Crippen LogP contribution in [0.3, 0.4) is 0 Å². The summed E-state index contributed by atoms with van der Waals surface area (Å²) in [5, 5.41) is 15.0.